The molecule has 0 aliphatic carbocycles. The van der Waals surface area contributed by atoms with Crippen molar-refractivity contribution in [2.75, 3.05) is 39.5 Å². The molecule has 2 aromatic carbocycles. The largest absolute Gasteiger partial charge is 0.497 e. The van der Waals surface area contributed by atoms with Crippen LogP contribution in [0.5, 0.6) is 23.0 Å². The summed E-state index contributed by atoms with van der Waals surface area (Å²) in [5.74, 6) is 2.46. The van der Waals surface area contributed by atoms with Gasteiger partial charge in [-0.05, 0) is 30.3 Å². The van der Waals surface area contributed by atoms with E-state index in [0.29, 0.717) is 39.4 Å². The van der Waals surface area contributed by atoms with Gasteiger partial charge in [-0.15, -0.1) is 10.2 Å². The highest BCUT2D eigenvalue weighted by atomic mass is 32.2. The van der Waals surface area contributed by atoms with Gasteiger partial charge in [0.25, 0.3) is 0 Å². The van der Waals surface area contributed by atoms with Crippen LogP contribution < -0.4 is 24.3 Å². The Bertz CT molecular complexity index is 1020. The Hall–Kier alpha value is -3.46. The number of benzene rings is 2. The van der Waals surface area contributed by atoms with Crippen LogP contribution in [0, 0.1) is 0 Å². The Morgan fingerprint density at radius 2 is 1.55 bits per heavy atom. The molecule has 0 bridgehead atoms. The molecule has 0 saturated carbocycles. The second-order valence-electron chi connectivity index (χ2n) is 6.26. The number of thioether (sulfide) groups is 1. The van der Waals surface area contributed by atoms with E-state index in [-0.39, 0.29) is 11.7 Å². The van der Waals surface area contributed by atoms with E-state index in [1.807, 2.05) is 30.3 Å². The van der Waals surface area contributed by atoms with Crippen molar-refractivity contribution >= 4 is 23.4 Å². The molecule has 162 valence electrons. The Morgan fingerprint density at radius 3 is 2.13 bits per heavy atom. The fourth-order valence-electron chi connectivity index (χ4n) is 2.76. The number of nitrogens with one attached hydrogen (secondary N) is 1. The van der Waals surface area contributed by atoms with Crippen molar-refractivity contribution in [1.29, 1.82) is 0 Å². The van der Waals surface area contributed by atoms with Gasteiger partial charge in [-0.1, -0.05) is 11.8 Å². The van der Waals surface area contributed by atoms with E-state index in [0.717, 1.165) is 5.56 Å². The standard InChI is InChI=1S/C22H23N3O5S/c1-27-16-10-15(11-17(12-16)28-2)23-21(26)13-31-22-8-6-18(24-25-22)14-5-7-19(29-3)20(9-14)30-4/h5-12H,13H2,1-4H3,(H,23,26). The lowest BCUT2D eigenvalue weighted by Crippen LogP contribution is -2.14. The molecule has 3 rings (SSSR count). The van der Waals surface area contributed by atoms with E-state index in [1.165, 1.54) is 11.8 Å². The number of rotatable bonds is 9. The molecule has 0 aliphatic rings. The van der Waals surface area contributed by atoms with Crippen LogP contribution in [0.2, 0.25) is 0 Å². The second-order valence-corrected chi connectivity index (χ2v) is 7.26. The first-order chi connectivity index (χ1) is 15.1. The van der Waals surface area contributed by atoms with Crippen molar-refractivity contribution < 1.29 is 23.7 Å². The van der Waals surface area contributed by atoms with Crippen molar-refractivity contribution in [3.05, 3.63) is 48.5 Å². The summed E-state index contributed by atoms with van der Waals surface area (Å²) in [6.07, 6.45) is 0. The van der Waals surface area contributed by atoms with Crippen molar-refractivity contribution in [1.82, 2.24) is 10.2 Å². The van der Waals surface area contributed by atoms with Gasteiger partial charge in [0.15, 0.2) is 11.5 Å². The van der Waals surface area contributed by atoms with E-state index < -0.39 is 0 Å². The molecular weight excluding hydrogens is 418 g/mol. The number of aromatic nitrogens is 2. The average Bonchev–Trinajstić information content (AvgIpc) is 2.82. The van der Waals surface area contributed by atoms with Gasteiger partial charge in [-0.2, -0.15) is 0 Å². The topological polar surface area (TPSA) is 91.8 Å². The third-order valence-corrected chi connectivity index (χ3v) is 5.23. The molecule has 0 aliphatic heterocycles. The zero-order chi connectivity index (χ0) is 22.2. The first kappa shape index (κ1) is 22.2. The molecule has 1 aromatic heterocycles. The van der Waals surface area contributed by atoms with E-state index in [2.05, 4.69) is 15.5 Å². The highest BCUT2D eigenvalue weighted by Crippen LogP contribution is 2.32. The Morgan fingerprint density at radius 1 is 0.839 bits per heavy atom. The quantitative estimate of drug-likeness (QED) is 0.500. The second kappa shape index (κ2) is 10.5. The van der Waals surface area contributed by atoms with Crippen molar-refractivity contribution in [3.63, 3.8) is 0 Å². The van der Waals surface area contributed by atoms with Crippen molar-refractivity contribution in [2.45, 2.75) is 5.03 Å². The highest BCUT2D eigenvalue weighted by molar-refractivity contribution is 7.99. The monoisotopic (exact) mass is 441 g/mol. The summed E-state index contributed by atoms with van der Waals surface area (Å²) in [6, 6.07) is 14.4. The number of carbonyl (C=O) groups is 1. The number of nitrogens with zero attached hydrogens (tertiary/aromatic N) is 2. The summed E-state index contributed by atoms with van der Waals surface area (Å²) < 4.78 is 21.0. The SMILES string of the molecule is COc1cc(NC(=O)CSc2ccc(-c3ccc(OC)c(OC)c3)nn2)cc(OC)c1. The van der Waals surface area contributed by atoms with Crippen LogP contribution in [0.3, 0.4) is 0 Å². The molecule has 0 radical (unpaired) electrons. The zero-order valence-corrected chi connectivity index (χ0v) is 18.5. The number of methoxy groups -OCH3 is 4. The summed E-state index contributed by atoms with van der Waals surface area (Å²) in [5.41, 5.74) is 2.14. The van der Waals surface area contributed by atoms with E-state index in [9.17, 15) is 4.79 Å². The van der Waals surface area contributed by atoms with Gasteiger partial charge >= 0.3 is 0 Å². The van der Waals surface area contributed by atoms with Gasteiger partial charge in [0.05, 0.1) is 39.9 Å². The number of hydrogen-bond acceptors (Lipinski definition) is 8. The van der Waals surface area contributed by atoms with Crippen LogP contribution in [0.25, 0.3) is 11.3 Å². The molecular formula is C22H23N3O5S. The van der Waals surface area contributed by atoms with Gasteiger partial charge in [-0.25, -0.2) is 0 Å². The minimum atomic E-state index is -0.175. The first-order valence-corrected chi connectivity index (χ1v) is 10.3. The smallest absolute Gasteiger partial charge is 0.234 e. The maximum atomic E-state index is 12.3. The molecule has 0 unspecified atom stereocenters. The lowest BCUT2D eigenvalue weighted by atomic mass is 10.1. The number of carbonyl (C=O) groups excluding carboxylic acids is 1. The van der Waals surface area contributed by atoms with Gasteiger partial charge in [0, 0.05) is 29.4 Å². The number of anilines is 1. The fourth-order valence-corrected chi connectivity index (χ4v) is 3.38. The van der Waals surface area contributed by atoms with Crippen LogP contribution in [0.15, 0.2) is 53.6 Å². The molecule has 31 heavy (non-hydrogen) atoms. The molecule has 0 fully saturated rings. The first-order valence-electron chi connectivity index (χ1n) is 9.28. The molecule has 8 nitrogen and oxygen atoms in total. The summed E-state index contributed by atoms with van der Waals surface area (Å²) in [4.78, 5) is 12.3. The Kier molecular flexibility index (Phi) is 7.55. The maximum Gasteiger partial charge on any atom is 0.234 e. The van der Waals surface area contributed by atoms with E-state index in [4.69, 9.17) is 18.9 Å². The molecule has 1 amide bonds. The molecule has 3 aromatic rings. The fraction of sp³-hybridized carbons (Fsp3) is 0.227. The predicted octanol–water partition coefficient (Wildman–Crippen LogP) is 3.91. The molecule has 0 saturated heterocycles. The van der Waals surface area contributed by atoms with Crippen LogP contribution in [0.1, 0.15) is 0 Å². The van der Waals surface area contributed by atoms with Crippen LogP contribution in [0.4, 0.5) is 5.69 Å². The van der Waals surface area contributed by atoms with E-state index >= 15 is 0 Å². The van der Waals surface area contributed by atoms with Gasteiger partial charge in [0.2, 0.25) is 5.91 Å². The van der Waals surface area contributed by atoms with E-state index in [1.54, 1.807) is 46.6 Å². The van der Waals surface area contributed by atoms with Crippen molar-refractivity contribution in [3.8, 4) is 34.3 Å². The normalized spacial score (nSPS) is 10.3. The van der Waals surface area contributed by atoms with Gasteiger partial charge < -0.3 is 24.3 Å². The lowest BCUT2D eigenvalue weighted by Gasteiger charge is -2.10. The predicted molar refractivity (Wildman–Crippen MR) is 119 cm³/mol. The van der Waals surface area contributed by atoms with Gasteiger partial charge in [0.1, 0.15) is 16.5 Å². The average molecular weight is 442 g/mol. The van der Waals surface area contributed by atoms with Gasteiger partial charge in [-0.3, -0.25) is 4.79 Å². The van der Waals surface area contributed by atoms with Crippen LogP contribution >= 0.6 is 11.8 Å². The molecule has 1 heterocycles. The summed E-state index contributed by atoms with van der Waals surface area (Å²) in [7, 11) is 6.28. The lowest BCUT2D eigenvalue weighted by molar-refractivity contribution is -0.113. The minimum Gasteiger partial charge on any atom is -0.497 e. The minimum absolute atomic E-state index is 0.175. The van der Waals surface area contributed by atoms with Crippen LogP contribution in [-0.2, 0) is 4.79 Å². The zero-order valence-electron chi connectivity index (χ0n) is 17.7. The summed E-state index contributed by atoms with van der Waals surface area (Å²) >= 11 is 1.29. The molecule has 1 N–H and O–H groups in total. The Labute approximate surface area is 184 Å². The third kappa shape index (κ3) is 5.79. The molecule has 9 heteroatoms. The third-order valence-electron chi connectivity index (χ3n) is 4.31. The number of hydrogen-bond donors (Lipinski definition) is 1. The molecule has 0 atom stereocenters. The summed E-state index contributed by atoms with van der Waals surface area (Å²) in [5, 5.41) is 11.9. The Balaban J connectivity index is 1.61. The number of amides is 1. The maximum absolute atomic E-state index is 12.3. The highest BCUT2D eigenvalue weighted by Gasteiger charge is 2.10. The summed E-state index contributed by atoms with van der Waals surface area (Å²) in [6.45, 7) is 0. The van der Waals surface area contributed by atoms with Crippen molar-refractivity contribution in [2.24, 2.45) is 0 Å². The number of ether oxygens (including phenoxy) is 4. The molecule has 0 spiro atoms. The van der Waals surface area contributed by atoms with Crippen LogP contribution in [-0.4, -0.2) is 50.3 Å².